The van der Waals surface area contributed by atoms with E-state index in [9.17, 15) is 24.6 Å². The van der Waals surface area contributed by atoms with Crippen molar-refractivity contribution in [3.8, 4) is 0 Å². The van der Waals surface area contributed by atoms with Crippen molar-refractivity contribution >= 4 is 29.5 Å². The zero-order valence-corrected chi connectivity index (χ0v) is 17.0. The number of hydrogen-bond acceptors (Lipinski definition) is 9. The number of amides is 2. The highest BCUT2D eigenvalue weighted by molar-refractivity contribution is 7.99. The zero-order chi connectivity index (χ0) is 22.1. The molecular formula is C18H18N6O6S. The molecule has 0 bridgehead atoms. The molecule has 4 rings (SSSR count). The Morgan fingerprint density at radius 3 is 2.74 bits per heavy atom. The van der Waals surface area contributed by atoms with Crippen LogP contribution < -0.4 is 5.32 Å². The van der Waals surface area contributed by atoms with Crippen LogP contribution in [0, 0.1) is 0 Å². The Morgan fingerprint density at radius 1 is 1.35 bits per heavy atom. The third-order valence-corrected chi connectivity index (χ3v) is 5.96. The third kappa shape index (κ3) is 3.89. The molecule has 31 heavy (non-hydrogen) atoms. The summed E-state index contributed by atoms with van der Waals surface area (Å²) in [5.74, 6) is -2.47. The maximum atomic E-state index is 12.6. The molecule has 162 valence electrons. The van der Waals surface area contributed by atoms with Gasteiger partial charge in [0.25, 0.3) is 11.8 Å². The molecule has 12 nitrogen and oxygen atoms in total. The number of aliphatic hydroxyl groups is 1. The number of aliphatic hydroxyl groups excluding tert-OH is 1. The van der Waals surface area contributed by atoms with Crippen molar-refractivity contribution in [3.63, 3.8) is 0 Å². The van der Waals surface area contributed by atoms with Gasteiger partial charge in [0, 0.05) is 12.8 Å². The predicted octanol–water partition coefficient (Wildman–Crippen LogP) is -0.942. The van der Waals surface area contributed by atoms with E-state index in [-0.39, 0.29) is 18.1 Å². The minimum atomic E-state index is -1.46. The second-order valence-electron chi connectivity index (χ2n) is 6.84. The van der Waals surface area contributed by atoms with Crippen molar-refractivity contribution in [1.82, 2.24) is 30.4 Å². The van der Waals surface area contributed by atoms with E-state index in [4.69, 9.17) is 4.74 Å². The van der Waals surface area contributed by atoms with Gasteiger partial charge in [0.15, 0.2) is 18.4 Å². The summed E-state index contributed by atoms with van der Waals surface area (Å²) < 4.78 is 7.10. The molecule has 2 aromatic rings. The lowest BCUT2D eigenvalue weighted by atomic mass is 9.98. The first-order chi connectivity index (χ1) is 14.9. The molecule has 3 heterocycles. The number of carboxylic acid groups (broad SMARTS) is 1. The number of ether oxygens (including phenoxy) is 1. The molecule has 3 N–H and O–H groups in total. The highest BCUT2D eigenvalue weighted by Gasteiger charge is 2.55. The molecule has 2 aliphatic heterocycles. The summed E-state index contributed by atoms with van der Waals surface area (Å²) in [6.07, 6.45) is -2.43. The molecule has 1 aromatic carbocycles. The Bertz CT molecular complexity index is 1060. The summed E-state index contributed by atoms with van der Waals surface area (Å²) in [7, 11) is 1.65. The van der Waals surface area contributed by atoms with Crippen LogP contribution in [0.3, 0.4) is 0 Å². The van der Waals surface area contributed by atoms with E-state index < -0.39 is 36.2 Å². The van der Waals surface area contributed by atoms with E-state index in [2.05, 4.69) is 20.8 Å². The highest BCUT2D eigenvalue weighted by Crippen LogP contribution is 2.34. The maximum Gasteiger partial charge on any atom is 0.352 e. The summed E-state index contributed by atoms with van der Waals surface area (Å²) in [6, 6.07) is 7.17. The molecule has 3 atom stereocenters. The molecule has 0 aliphatic carbocycles. The van der Waals surface area contributed by atoms with Crippen molar-refractivity contribution < 1.29 is 29.3 Å². The van der Waals surface area contributed by atoms with Gasteiger partial charge in [-0.15, -0.1) is 5.10 Å². The molecular weight excluding hydrogens is 428 g/mol. The Hall–Kier alpha value is -3.29. The van der Waals surface area contributed by atoms with Gasteiger partial charge in [-0.05, 0) is 21.6 Å². The van der Waals surface area contributed by atoms with Gasteiger partial charge >= 0.3 is 5.97 Å². The first-order valence-electron chi connectivity index (χ1n) is 9.17. The minimum Gasteiger partial charge on any atom is -0.477 e. The lowest BCUT2D eigenvalue weighted by Gasteiger charge is -2.49. The number of thioether (sulfide) groups is 1. The number of nitrogens with zero attached hydrogens (tertiary/aromatic N) is 5. The lowest BCUT2D eigenvalue weighted by Crippen LogP contribution is -2.73. The number of β-lactam (4-membered cyclic amide) rings is 1. The fourth-order valence-corrected chi connectivity index (χ4v) is 4.15. The van der Waals surface area contributed by atoms with Crippen molar-refractivity contribution in [1.29, 1.82) is 0 Å². The first kappa shape index (κ1) is 21.0. The number of carboxylic acids is 1. The van der Waals surface area contributed by atoms with Crippen LogP contribution in [0.5, 0.6) is 0 Å². The number of benzene rings is 1. The molecule has 1 saturated heterocycles. The normalized spacial score (nSPS) is 21.4. The van der Waals surface area contributed by atoms with Crippen molar-refractivity contribution in [2.45, 2.75) is 23.5 Å². The van der Waals surface area contributed by atoms with Crippen LogP contribution in [-0.4, -0.2) is 77.7 Å². The van der Waals surface area contributed by atoms with Gasteiger partial charge in [-0.3, -0.25) is 14.5 Å². The van der Waals surface area contributed by atoms with Crippen LogP contribution in [-0.2, 0) is 26.2 Å². The third-order valence-electron chi connectivity index (χ3n) is 4.87. The molecule has 13 heteroatoms. The van der Waals surface area contributed by atoms with Gasteiger partial charge in [-0.25, -0.2) is 9.48 Å². The van der Waals surface area contributed by atoms with Crippen LogP contribution in [0.4, 0.5) is 0 Å². The quantitative estimate of drug-likeness (QED) is 0.358. The van der Waals surface area contributed by atoms with Gasteiger partial charge < -0.3 is 20.3 Å². The Labute approximate surface area is 179 Å². The summed E-state index contributed by atoms with van der Waals surface area (Å²) in [5.41, 5.74) is 0.578. The van der Waals surface area contributed by atoms with Gasteiger partial charge in [0.05, 0.1) is 6.61 Å². The number of aryl methyl sites for hydroxylation is 1. The molecule has 0 spiro atoms. The number of carbonyl (C=O) groups excluding carboxylic acids is 2. The molecule has 1 fully saturated rings. The van der Waals surface area contributed by atoms with Crippen LogP contribution in [0.15, 0.2) is 46.8 Å². The number of rotatable bonds is 7. The number of carbonyl (C=O) groups is 3. The topological polar surface area (TPSA) is 160 Å². The van der Waals surface area contributed by atoms with E-state index in [0.717, 1.165) is 4.90 Å². The molecule has 0 saturated carbocycles. The predicted molar refractivity (Wildman–Crippen MR) is 104 cm³/mol. The van der Waals surface area contributed by atoms with E-state index in [1.807, 2.05) is 0 Å². The number of aliphatic carboxylic acids is 1. The minimum absolute atomic E-state index is 0.0397. The van der Waals surface area contributed by atoms with Crippen molar-refractivity contribution in [3.05, 3.63) is 47.2 Å². The van der Waals surface area contributed by atoms with Crippen molar-refractivity contribution in [2.24, 2.45) is 7.05 Å². The number of aromatic nitrogens is 4. The fourth-order valence-electron chi connectivity index (χ4n) is 3.31. The number of nitrogens with one attached hydrogen (secondary N) is 1. The monoisotopic (exact) mass is 446 g/mol. The van der Waals surface area contributed by atoms with Crippen LogP contribution in [0.2, 0.25) is 0 Å². The summed E-state index contributed by atoms with van der Waals surface area (Å²) >= 11 is 1.21. The SMILES string of the molecule is Cn1nnnc1SCC1=C(C(=O)O)N2C(=O)[C@H](NC(=O)C(O)c3ccccc3)[C@@H]2OC1. The summed E-state index contributed by atoms with van der Waals surface area (Å²) in [6.45, 7) is -0.0397. The molecule has 1 unspecified atom stereocenters. The van der Waals surface area contributed by atoms with Crippen LogP contribution in [0.1, 0.15) is 11.7 Å². The number of tetrazole rings is 1. The first-order valence-corrected chi connectivity index (χ1v) is 10.2. The Kier molecular flexibility index (Phi) is 5.71. The number of hydrogen-bond donors (Lipinski definition) is 3. The summed E-state index contributed by atoms with van der Waals surface area (Å²) in [4.78, 5) is 37.9. The Morgan fingerprint density at radius 2 is 2.10 bits per heavy atom. The number of fused-ring (bicyclic) bond motifs is 1. The standard InChI is InChI=1S/C18H18N6O6S/c1-23-18(20-21-22-23)31-8-10-7-30-16-11(15(27)24(16)12(10)17(28)29)19-14(26)13(25)9-5-3-2-4-6-9/h2-6,11,13,16,25H,7-8H2,1H3,(H,19,26)(H,28,29)/t11-,13?,16-/m0/s1. The molecule has 2 amide bonds. The van der Waals surface area contributed by atoms with Crippen LogP contribution >= 0.6 is 11.8 Å². The van der Waals surface area contributed by atoms with Gasteiger partial charge in [0.2, 0.25) is 5.16 Å². The zero-order valence-electron chi connectivity index (χ0n) is 16.2. The second kappa shape index (κ2) is 8.45. The van der Waals surface area contributed by atoms with Crippen molar-refractivity contribution in [2.75, 3.05) is 12.4 Å². The lowest BCUT2D eigenvalue weighted by molar-refractivity contribution is -0.185. The maximum absolute atomic E-state index is 12.6. The molecule has 2 aliphatic rings. The average molecular weight is 446 g/mol. The van der Waals surface area contributed by atoms with Gasteiger partial charge in [-0.1, -0.05) is 42.1 Å². The average Bonchev–Trinajstić information content (AvgIpc) is 3.19. The summed E-state index contributed by atoms with van der Waals surface area (Å²) in [5, 5.41) is 33.8. The van der Waals surface area contributed by atoms with Crippen LogP contribution in [0.25, 0.3) is 0 Å². The smallest absolute Gasteiger partial charge is 0.352 e. The second-order valence-corrected chi connectivity index (χ2v) is 7.78. The Balaban J connectivity index is 1.46. The van der Waals surface area contributed by atoms with E-state index >= 15 is 0 Å². The highest BCUT2D eigenvalue weighted by atomic mass is 32.2. The fraction of sp³-hybridized carbons (Fsp3) is 0.333. The van der Waals surface area contributed by atoms with E-state index in [1.54, 1.807) is 37.4 Å². The molecule has 0 radical (unpaired) electrons. The van der Waals surface area contributed by atoms with Gasteiger partial charge in [-0.2, -0.15) is 0 Å². The van der Waals surface area contributed by atoms with Gasteiger partial charge in [0.1, 0.15) is 5.70 Å². The van der Waals surface area contributed by atoms with E-state index in [1.165, 1.54) is 16.4 Å². The molecule has 1 aromatic heterocycles. The van der Waals surface area contributed by atoms with E-state index in [0.29, 0.717) is 16.3 Å². The largest absolute Gasteiger partial charge is 0.477 e.